The van der Waals surface area contributed by atoms with Crippen molar-refractivity contribution in [2.75, 3.05) is 33.4 Å². The Hall–Kier alpha value is -2.93. The summed E-state index contributed by atoms with van der Waals surface area (Å²) in [4.78, 5) is 13.4. The summed E-state index contributed by atoms with van der Waals surface area (Å²) in [5, 5.41) is 5.14. The Morgan fingerprint density at radius 2 is 2.03 bits per heavy atom. The van der Waals surface area contributed by atoms with E-state index in [1.165, 1.54) is 12.1 Å². The third-order valence-corrected chi connectivity index (χ3v) is 6.23. The first-order chi connectivity index (χ1) is 15.6. The highest BCUT2D eigenvalue weighted by Crippen LogP contribution is 2.33. The van der Waals surface area contributed by atoms with Crippen molar-refractivity contribution in [2.45, 2.75) is 38.0 Å². The maximum absolute atomic E-state index is 13.4. The number of fused-ring (bicyclic) bond motifs is 1. The summed E-state index contributed by atoms with van der Waals surface area (Å²) in [5.74, 6) is 1.21. The molecule has 7 heteroatoms. The molecule has 3 aromatic rings. The average Bonchev–Trinajstić information content (AvgIpc) is 3.24. The number of hydrogen-bond acceptors (Lipinski definition) is 6. The predicted octanol–water partition coefficient (Wildman–Crippen LogP) is 4.93. The number of ether oxygens (including phenoxy) is 2. The minimum absolute atomic E-state index is 0.169. The molecule has 2 heterocycles. The van der Waals surface area contributed by atoms with Gasteiger partial charge in [-0.2, -0.15) is 0 Å². The van der Waals surface area contributed by atoms with Crippen LogP contribution in [0.4, 0.5) is 4.39 Å². The van der Waals surface area contributed by atoms with Crippen LogP contribution in [0.1, 0.15) is 49.3 Å². The molecule has 170 valence electrons. The largest absolute Gasteiger partial charge is 0.493 e. The van der Waals surface area contributed by atoms with Crippen molar-refractivity contribution >= 4 is 17.3 Å². The summed E-state index contributed by atoms with van der Waals surface area (Å²) in [6, 6.07) is 10.3. The van der Waals surface area contributed by atoms with Crippen LogP contribution in [-0.4, -0.2) is 49.7 Å². The molecule has 4 rings (SSSR count). The summed E-state index contributed by atoms with van der Waals surface area (Å²) in [7, 11) is 1.61. The standard InChI is InChI=1S/C25H29FN2O4/c1-17(16-29)19-4-7-22(24(14-19)30-2)31-13-3-10-28-11-8-18(9-12-28)25-21-6-5-20(26)15-23(21)32-27-25/h4-7,14-18H,3,8-13H2,1-2H3. The van der Waals surface area contributed by atoms with Crippen molar-refractivity contribution in [3.8, 4) is 11.5 Å². The van der Waals surface area contributed by atoms with E-state index in [0.717, 1.165) is 61.8 Å². The second kappa shape index (κ2) is 10.1. The van der Waals surface area contributed by atoms with Crippen LogP contribution in [0.5, 0.6) is 11.5 Å². The molecule has 1 fully saturated rings. The van der Waals surface area contributed by atoms with E-state index in [0.29, 0.717) is 29.6 Å². The summed E-state index contributed by atoms with van der Waals surface area (Å²) < 4.78 is 30.1. The number of carbonyl (C=O) groups is 1. The highest BCUT2D eigenvalue weighted by molar-refractivity contribution is 5.79. The van der Waals surface area contributed by atoms with Crippen LogP contribution in [0.15, 0.2) is 40.9 Å². The SMILES string of the molecule is COc1cc(C(C)C=O)ccc1OCCCN1CCC(c2noc3cc(F)ccc23)CC1. The van der Waals surface area contributed by atoms with Gasteiger partial charge in [-0.15, -0.1) is 0 Å². The molecule has 32 heavy (non-hydrogen) atoms. The molecule has 1 saturated heterocycles. The van der Waals surface area contributed by atoms with Crippen molar-refractivity contribution in [1.29, 1.82) is 0 Å². The fraction of sp³-hybridized carbons (Fsp3) is 0.440. The number of rotatable bonds is 9. The summed E-state index contributed by atoms with van der Waals surface area (Å²) in [6.07, 6.45) is 3.84. The van der Waals surface area contributed by atoms with Gasteiger partial charge in [0.05, 0.1) is 19.4 Å². The highest BCUT2D eigenvalue weighted by atomic mass is 19.1. The van der Waals surface area contributed by atoms with E-state index in [1.54, 1.807) is 13.2 Å². The van der Waals surface area contributed by atoms with Gasteiger partial charge in [-0.25, -0.2) is 4.39 Å². The molecule has 0 N–H and O–H groups in total. The van der Waals surface area contributed by atoms with Crippen molar-refractivity contribution in [3.05, 3.63) is 53.5 Å². The number of likely N-dealkylation sites (tertiary alicyclic amines) is 1. The van der Waals surface area contributed by atoms with Crippen LogP contribution in [0.2, 0.25) is 0 Å². The number of methoxy groups -OCH3 is 1. The zero-order valence-electron chi connectivity index (χ0n) is 18.6. The Kier molecular flexibility index (Phi) is 7.05. The fourth-order valence-corrected chi connectivity index (χ4v) is 4.29. The summed E-state index contributed by atoms with van der Waals surface area (Å²) >= 11 is 0. The third-order valence-electron chi connectivity index (χ3n) is 6.23. The van der Waals surface area contributed by atoms with Crippen LogP contribution in [0.25, 0.3) is 11.0 Å². The summed E-state index contributed by atoms with van der Waals surface area (Å²) in [5.41, 5.74) is 2.38. The van der Waals surface area contributed by atoms with Crippen molar-refractivity contribution in [3.63, 3.8) is 0 Å². The van der Waals surface area contributed by atoms with E-state index >= 15 is 0 Å². The molecular weight excluding hydrogens is 411 g/mol. The molecule has 0 radical (unpaired) electrons. The van der Waals surface area contributed by atoms with Crippen LogP contribution >= 0.6 is 0 Å². The predicted molar refractivity (Wildman–Crippen MR) is 120 cm³/mol. The number of hydrogen-bond donors (Lipinski definition) is 0. The molecule has 6 nitrogen and oxygen atoms in total. The number of halogens is 1. The molecule has 1 unspecified atom stereocenters. The second-order valence-electron chi connectivity index (χ2n) is 8.36. The van der Waals surface area contributed by atoms with Crippen LogP contribution in [0, 0.1) is 5.82 Å². The molecule has 0 spiro atoms. The number of benzene rings is 2. The van der Waals surface area contributed by atoms with E-state index in [2.05, 4.69) is 10.1 Å². The monoisotopic (exact) mass is 440 g/mol. The Balaban J connectivity index is 1.24. The highest BCUT2D eigenvalue weighted by Gasteiger charge is 2.25. The minimum Gasteiger partial charge on any atom is -0.493 e. The van der Waals surface area contributed by atoms with Crippen molar-refractivity contribution < 1.29 is 23.2 Å². The van der Waals surface area contributed by atoms with Gasteiger partial charge >= 0.3 is 0 Å². The molecule has 1 aliphatic heterocycles. The molecule has 0 amide bonds. The molecule has 1 aromatic heterocycles. The van der Waals surface area contributed by atoms with Gasteiger partial charge in [0.25, 0.3) is 0 Å². The molecule has 0 saturated carbocycles. The number of carbonyl (C=O) groups excluding carboxylic acids is 1. The van der Waals surface area contributed by atoms with Crippen LogP contribution in [-0.2, 0) is 4.79 Å². The number of aldehydes is 1. The number of nitrogens with zero attached hydrogens (tertiary/aromatic N) is 2. The lowest BCUT2D eigenvalue weighted by atomic mass is 9.91. The van der Waals surface area contributed by atoms with E-state index in [4.69, 9.17) is 14.0 Å². The normalized spacial score (nSPS) is 16.2. The topological polar surface area (TPSA) is 64.8 Å². The van der Waals surface area contributed by atoms with Gasteiger partial charge in [-0.05, 0) is 62.2 Å². The van der Waals surface area contributed by atoms with E-state index in [1.807, 2.05) is 25.1 Å². The first-order valence-corrected chi connectivity index (χ1v) is 11.1. The molecule has 1 aliphatic rings. The Morgan fingerprint density at radius 1 is 1.22 bits per heavy atom. The molecule has 1 atom stereocenters. The van der Waals surface area contributed by atoms with Gasteiger partial charge in [0, 0.05) is 29.8 Å². The molecule has 0 aliphatic carbocycles. The van der Waals surface area contributed by atoms with Crippen molar-refractivity contribution in [1.82, 2.24) is 10.1 Å². The lowest BCUT2D eigenvalue weighted by Crippen LogP contribution is -2.34. The Morgan fingerprint density at radius 3 is 2.78 bits per heavy atom. The molecule has 0 bridgehead atoms. The Labute approximate surface area is 187 Å². The average molecular weight is 441 g/mol. The third kappa shape index (κ3) is 4.93. The zero-order chi connectivity index (χ0) is 22.5. The van der Waals surface area contributed by atoms with Gasteiger partial charge in [-0.3, -0.25) is 0 Å². The van der Waals surface area contributed by atoms with Gasteiger partial charge < -0.3 is 23.7 Å². The van der Waals surface area contributed by atoms with Gasteiger partial charge in [0.2, 0.25) is 0 Å². The lowest BCUT2D eigenvalue weighted by Gasteiger charge is -2.31. The maximum atomic E-state index is 13.4. The van der Waals surface area contributed by atoms with Crippen molar-refractivity contribution in [2.24, 2.45) is 0 Å². The Bertz CT molecular complexity index is 1060. The maximum Gasteiger partial charge on any atom is 0.170 e. The van der Waals surface area contributed by atoms with Gasteiger partial charge in [0.1, 0.15) is 12.1 Å². The quantitative estimate of drug-likeness (QED) is 0.347. The second-order valence-corrected chi connectivity index (χ2v) is 8.36. The number of aromatic nitrogens is 1. The smallest absolute Gasteiger partial charge is 0.170 e. The fourth-order valence-electron chi connectivity index (χ4n) is 4.29. The molecular formula is C25H29FN2O4. The first kappa shape index (κ1) is 22.3. The zero-order valence-corrected chi connectivity index (χ0v) is 18.6. The van der Waals surface area contributed by atoms with E-state index in [-0.39, 0.29) is 11.7 Å². The minimum atomic E-state index is -0.304. The van der Waals surface area contributed by atoms with Gasteiger partial charge in [-0.1, -0.05) is 18.1 Å². The van der Waals surface area contributed by atoms with E-state index < -0.39 is 0 Å². The van der Waals surface area contributed by atoms with Crippen LogP contribution < -0.4 is 9.47 Å². The first-order valence-electron chi connectivity index (χ1n) is 11.1. The van der Waals surface area contributed by atoms with E-state index in [9.17, 15) is 9.18 Å². The van der Waals surface area contributed by atoms with Crippen LogP contribution in [0.3, 0.4) is 0 Å². The lowest BCUT2D eigenvalue weighted by molar-refractivity contribution is -0.108. The van der Waals surface area contributed by atoms with Gasteiger partial charge in [0.15, 0.2) is 17.1 Å². The number of piperidine rings is 1. The summed E-state index contributed by atoms with van der Waals surface area (Å²) in [6.45, 7) is 5.39. The molecule has 2 aromatic carbocycles.